The molecule has 0 aliphatic heterocycles. The van der Waals surface area contributed by atoms with Crippen LogP contribution < -0.4 is 15.8 Å². The second kappa shape index (κ2) is 7.01. The number of hydrogen-bond acceptors (Lipinski definition) is 4. The van der Waals surface area contributed by atoms with E-state index < -0.39 is 0 Å². The van der Waals surface area contributed by atoms with Crippen molar-refractivity contribution in [1.82, 2.24) is 4.98 Å². The third-order valence-corrected chi connectivity index (χ3v) is 2.81. The number of rotatable bonds is 5. The third kappa shape index (κ3) is 4.40. The Hall–Kier alpha value is -2.18. The van der Waals surface area contributed by atoms with E-state index in [1.807, 2.05) is 0 Å². The van der Waals surface area contributed by atoms with Crippen LogP contribution in [0.4, 0.5) is 5.69 Å². The molecule has 7 heteroatoms. The van der Waals surface area contributed by atoms with E-state index in [-0.39, 0.29) is 23.2 Å². The fourth-order valence-corrected chi connectivity index (χ4v) is 1.71. The van der Waals surface area contributed by atoms with Gasteiger partial charge >= 0.3 is 0 Å². The number of carbonyl (C=O) groups is 1. The van der Waals surface area contributed by atoms with Crippen LogP contribution >= 0.6 is 23.8 Å². The number of nitrogens with two attached hydrogens (primary N) is 1. The molecule has 108 valence electrons. The minimum absolute atomic E-state index is 0.0986. The molecule has 1 aromatic carbocycles. The summed E-state index contributed by atoms with van der Waals surface area (Å²) < 4.78 is 5.43. The fraction of sp³-hybridized carbons (Fsp3) is 0.0714. The average Bonchev–Trinajstić information content (AvgIpc) is 2.47. The van der Waals surface area contributed by atoms with E-state index in [2.05, 4.69) is 10.3 Å². The smallest absolute Gasteiger partial charge is 0.274 e. The molecule has 0 spiro atoms. The van der Waals surface area contributed by atoms with Crippen LogP contribution in [0.5, 0.6) is 5.75 Å². The van der Waals surface area contributed by atoms with Gasteiger partial charge in [-0.1, -0.05) is 36.0 Å². The molecule has 0 bridgehead atoms. The number of pyridine rings is 1. The van der Waals surface area contributed by atoms with E-state index >= 15 is 0 Å². The Morgan fingerprint density at radius 2 is 2.10 bits per heavy atom. The molecule has 0 saturated carbocycles. The minimum Gasteiger partial charge on any atom is -0.484 e. The Kier molecular flexibility index (Phi) is 5.08. The van der Waals surface area contributed by atoms with Crippen molar-refractivity contribution in [3.8, 4) is 5.75 Å². The summed E-state index contributed by atoms with van der Waals surface area (Å²) in [5.41, 5.74) is 6.16. The van der Waals surface area contributed by atoms with Crippen molar-refractivity contribution in [2.45, 2.75) is 0 Å². The highest BCUT2D eigenvalue weighted by atomic mass is 35.5. The molecule has 1 heterocycles. The maximum Gasteiger partial charge on any atom is 0.274 e. The number of nitrogens with one attached hydrogen (secondary N) is 1. The molecule has 0 saturated heterocycles. The molecule has 2 rings (SSSR count). The minimum atomic E-state index is -0.363. The topological polar surface area (TPSA) is 77.2 Å². The van der Waals surface area contributed by atoms with Gasteiger partial charge in [0.05, 0.1) is 10.7 Å². The van der Waals surface area contributed by atoms with Crippen molar-refractivity contribution >= 4 is 40.4 Å². The predicted molar refractivity (Wildman–Crippen MR) is 85.9 cm³/mol. The zero-order valence-corrected chi connectivity index (χ0v) is 12.4. The first kappa shape index (κ1) is 15.2. The molecule has 2 aromatic rings. The number of thiocarbonyl (C=S) groups is 1. The SMILES string of the molecule is NC(=S)COc1ccccc1NC(=O)c1ccc(Cl)cn1. The highest BCUT2D eigenvalue weighted by Crippen LogP contribution is 2.24. The van der Waals surface area contributed by atoms with Crippen LogP contribution in [-0.4, -0.2) is 22.5 Å². The first-order valence-electron chi connectivity index (χ1n) is 5.99. The second-order valence-electron chi connectivity index (χ2n) is 4.07. The van der Waals surface area contributed by atoms with Gasteiger partial charge in [-0.05, 0) is 24.3 Å². The van der Waals surface area contributed by atoms with Gasteiger partial charge in [0.15, 0.2) is 0 Å². The normalized spacial score (nSPS) is 9.95. The number of benzene rings is 1. The molecule has 5 nitrogen and oxygen atoms in total. The van der Waals surface area contributed by atoms with Crippen LogP contribution in [0.2, 0.25) is 5.02 Å². The molecule has 1 aromatic heterocycles. The number of ether oxygens (including phenoxy) is 1. The maximum atomic E-state index is 12.1. The zero-order chi connectivity index (χ0) is 15.2. The summed E-state index contributed by atoms with van der Waals surface area (Å²) in [6, 6.07) is 10.1. The van der Waals surface area contributed by atoms with Gasteiger partial charge in [-0.2, -0.15) is 0 Å². The average molecular weight is 322 g/mol. The number of anilines is 1. The number of amides is 1. The largest absolute Gasteiger partial charge is 0.484 e. The van der Waals surface area contributed by atoms with Crippen molar-refractivity contribution in [2.75, 3.05) is 11.9 Å². The summed E-state index contributed by atoms with van der Waals surface area (Å²) in [7, 11) is 0. The lowest BCUT2D eigenvalue weighted by molar-refractivity contribution is 0.102. The Morgan fingerprint density at radius 3 is 2.76 bits per heavy atom. The fourth-order valence-electron chi connectivity index (χ4n) is 1.54. The Balaban J connectivity index is 2.13. The number of para-hydroxylation sites is 2. The Morgan fingerprint density at radius 1 is 1.33 bits per heavy atom. The van der Waals surface area contributed by atoms with Crippen LogP contribution in [-0.2, 0) is 0 Å². The van der Waals surface area contributed by atoms with Crippen LogP contribution in [0.15, 0.2) is 42.6 Å². The van der Waals surface area contributed by atoms with Crippen molar-refractivity contribution in [2.24, 2.45) is 5.73 Å². The third-order valence-electron chi connectivity index (χ3n) is 2.47. The highest BCUT2D eigenvalue weighted by molar-refractivity contribution is 7.80. The van der Waals surface area contributed by atoms with Gasteiger partial charge in [-0.25, -0.2) is 4.98 Å². The summed E-state index contributed by atoms with van der Waals surface area (Å²) in [6.45, 7) is 0.0986. The number of halogens is 1. The quantitative estimate of drug-likeness (QED) is 0.828. The lowest BCUT2D eigenvalue weighted by Gasteiger charge is -2.11. The highest BCUT2D eigenvalue weighted by Gasteiger charge is 2.11. The van der Waals surface area contributed by atoms with E-state index in [0.717, 1.165) is 0 Å². The van der Waals surface area contributed by atoms with Gasteiger partial charge in [-0.15, -0.1) is 0 Å². The first-order valence-corrected chi connectivity index (χ1v) is 6.78. The molecule has 0 radical (unpaired) electrons. The van der Waals surface area contributed by atoms with Crippen molar-refractivity contribution in [3.63, 3.8) is 0 Å². The molecule has 1 amide bonds. The number of carbonyl (C=O) groups excluding carboxylic acids is 1. The molecule has 0 atom stereocenters. The summed E-state index contributed by atoms with van der Waals surface area (Å²) in [5, 5.41) is 3.18. The van der Waals surface area contributed by atoms with Gasteiger partial charge in [0.1, 0.15) is 23.0 Å². The van der Waals surface area contributed by atoms with Crippen LogP contribution in [0.1, 0.15) is 10.5 Å². The van der Waals surface area contributed by atoms with E-state index in [0.29, 0.717) is 16.5 Å². The van der Waals surface area contributed by atoms with Crippen molar-refractivity contribution in [3.05, 3.63) is 53.3 Å². The summed E-state index contributed by atoms with van der Waals surface area (Å²) in [6.07, 6.45) is 1.41. The molecule has 0 aliphatic rings. The van der Waals surface area contributed by atoms with Gasteiger partial charge in [0, 0.05) is 6.20 Å². The van der Waals surface area contributed by atoms with Crippen LogP contribution in [0.3, 0.4) is 0 Å². The summed E-state index contributed by atoms with van der Waals surface area (Å²) in [4.78, 5) is 16.3. The maximum absolute atomic E-state index is 12.1. The summed E-state index contributed by atoms with van der Waals surface area (Å²) in [5.74, 6) is 0.116. The lowest BCUT2D eigenvalue weighted by Crippen LogP contribution is -2.19. The van der Waals surface area contributed by atoms with E-state index in [9.17, 15) is 4.79 Å². The van der Waals surface area contributed by atoms with E-state index in [4.69, 9.17) is 34.3 Å². The van der Waals surface area contributed by atoms with Gasteiger partial charge < -0.3 is 15.8 Å². The van der Waals surface area contributed by atoms with Crippen molar-refractivity contribution in [1.29, 1.82) is 0 Å². The monoisotopic (exact) mass is 321 g/mol. The molecular formula is C14H12ClN3O2S. The molecule has 0 unspecified atom stereocenters. The Bertz CT molecular complexity index is 662. The van der Waals surface area contributed by atoms with E-state index in [1.165, 1.54) is 12.3 Å². The van der Waals surface area contributed by atoms with Gasteiger partial charge in [0.2, 0.25) is 0 Å². The van der Waals surface area contributed by atoms with Gasteiger partial charge in [-0.3, -0.25) is 4.79 Å². The standard InChI is InChI=1S/C14H12ClN3O2S/c15-9-5-6-11(17-7-9)14(19)18-10-3-1-2-4-12(10)20-8-13(16)21/h1-7H,8H2,(H2,16,21)(H,18,19). The Labute approximate surface area is 132 Å². The van der Waals surface area contributed by atoms with Crippen LogP contribution in [0.25, 0.3) is 0 Å². The molecule has 0 fully saturated rings. The number of hydrogen-bond donors (Lipinski definition) is 2. The molecule has 0 aliphatic carbocycles. The lowest BCUT2D eigenvalue weighted by atomic mass is 10.2. The molecular weight excluding hydrogens is 310 g/mol. The number of aromatic nitrogens is 1. The molecule has 3 N–H and O–H groups in total. The zero-order valence-electron chi connectivity index (χ0n) is 10.9. The predicted octanol–water partition coefficient (Wildman–Crippen LogP) is 2.65. The van der Waals surface area contributed by atoms with E-state index in [1.54, 1.807) is 30.3 Å². The summed E-state index contributed by atoms with van der Waals surface area (Å²) >= 11 is 10.5. The second-order valence-corrected chi connectivity index (χ2v) is 5.03. The van der Waals surface area contributed by atoms with Crippen molar-refractivity contribution < 1.29 is 9.53 Å². The van der Waals surface area contributed by atoms with Gasteiger partial charge in [0.25, 0.3) is 5.91 Å². The number of nitrogens with zero attached hydrogens (tertiary/aromatic N) is 1. The molecule has 21 heavy (non-hydrogen) atoms. The van der Waals surface area contributed by atoms with Crippen LogP contribution in [0, 0.1) is 0 Å². The first-order chi connectivity index (χ1) is 10.1.